The van der Waals surface area contributed by atoms with E-state index in [0.717, 1.165) is 0 Å². The number of rotatable bonds is 21. The number of benzene rings is 1. The number of carbonyl (C=O) groups excluding carboxylic acids is 8. The normalized spacial score (nSPS) is 22.3. The summed E-state index contributed by atoms with van der Waals surface area (Å²) in [5.74, 6) is -6.14. The SMILES string of the molecule is NCCCC[C@H](NC(=O)[C@@H](N)CO)C(=O)N[C@@H](Cc1ccc(O)cc1)C(=O)NCC(=O)N1CCC[C@H]1C(=O)N[C@@H](CS)C(=O)N1CCC[C@H]1C(=O)N1CCC[C@H]1C(=O)N1CCC[C@H]1C(=O)O. The molecule has 364 valence electrons. The van der Waals surface area contributed by atoms with Crippen molar-refractivity contribution in [2.24, 2.45) is 11.5 Å². The van der Waals surface area contributed by atoms with Gasteiger partial charge in [-0.2, -0.15) is 12.6 Å². The number of nitrogens with zero attached hydrogens (tertiary/aromatic N) is 4. The summed E-state index contributed by atoms with van der Waals surface area (Å²) in [6, 6.07) is -2.68. The van der Waals surface area contributed by atoms with Crippen molar-refractivity contribution in [3.63, 3.8) is 0 Å². The maximum absolute atomic E-state index is 14.0. The van der Waals surface area contributed by atoms with E-state index in [1.807, 2.05) is 0 Å². The van der Waals surface area contributed by atoms with Gasteiger partial charge in [0.1, 0.15) is 54.1 Å². The molecule has 1 aromatic rings. The molecule has 66 heavy (non-hydrogen) atoms. The van der Waals surface area contributed by atoms with Crippen molar-refractivity contribution in [3.05, 3.63) is 29.8 Å². The summed E-state index contributed by atoms with van der Waals surface area (Å²) in [6.07, 6.45) is 4.37. The first-order valence-electron chi connectivity index (χ1n) is 22.7. The maximum Gasteiger partial charge on any atom is 0.326 e. The topological polar surface area (TPSA) is 327 Å². The summed E-state index contributed by atoms with van der Waals surface area (Å²) < 4.78 is 0. The first-order valence-corrected chi connectivity index (χ1v) is 23.3. The number of phenols is 1. The van der Waals surface area contributed by atoms with Gasteiger partial charge < -0.3 is 67.7 Å². The number of unbranched alkanes of at least 4 members (excludes halogenated alkanes) is 1. The zero-order chi connectivity index (χ0) is 48.1. The van der Waals surface area contributed by atoms with Crippen LogP contribution in [0.5, 0.6) is 5.75 Å². The minimum atomic E-state index is -1.29. The second-order valence-corrected chi connectivity index (χ2v) is 17.5. The van der Waals surface area contributed by atoms with Gasteiger partial charge in [-0.25, -0.2) is 4.79 Å². The first kappa shape index (κ1) is 51.5. The molecule has 0 saturated carbocycles. The number of carbonyl (C=O) groups is 9. The summed E-state index contributed by atoms with van der Waals surface area (Å²) in [5.41, 5.74) is 11.8. The number of aliphatic carboxylic acids is 1. The monoisotopic (exact) mass is 944 g/mol. The highest BCUT2D eigenvalue weighted by atomic mass is 32.1. The lowest BCUT2D eigenvalue weighted by atomic mass is 10.0. The van der Waals surface area contributed by atoms with Crippen LogP contribution < -0.4 is 32.7 Å². The maximum atomic E-state index is 14.0. The van der Waals surface area contributed by atoms with Crippen molar-refractivity contribution >= 4 is 65.9 Å². The highest BCUT2D eigenvalue weighted by Gasteiger charge is 2.47. The zero-order valence-corrected chi connectivity index (χ0v) is 37.9. The minimum absolute atomic E-state index is 0.0284. The number of aliphatic hydroxyl groups is 1. The van der Waals surface area contributed by atoms with E-state index >= 15 is 0 Å². The molecule has 0 bridgehead atoms. The second kappa shape index (κ2) is 24.3. The van der Waals surface area contributed by atoms with Crippen molar-refractivity contribution in [2.45, 2.75) is 125 Å². The number of aliphatic hydroxyl groups excluding tert-OH is 1. The summed E-state index contributed by atoms with van der Waals surface area (Å²) in [5, 5.41) is 39.2. The van der Waals surface area contributed by atoms with Crippen LogP contribution in [0, 0.1) is 0 Å². The molecule has 4 heterocycles. The molecular weight excluding hydrogens is 881 g/mol. The van der Waals surface area contributed by atoms with E-state index in [0.29, 0.717) is 69.9 Å². The molecule has 0 unspecified atom stereocenters. The Bertz CT molecular complexity index is 1940. The Morgan fingerprint density at radius 1 is 0.682 bits per heavy atom. The number of hydrogen-bond donors (Lipinski definition) is 10. The highest BCUT2D eigenvalue weighted by Crippen LogP contribution is 2.29. The average Bonchev–Trinajstić information content (AvgIpc) is 4.16. The highest BCUT2D eigenvalue weighted by molar-refractivity contribution is 7.80. The van der Waals surface area contributed by atoms with Gasteiger partial charge in [0.05, 0.1) is 13.2 Å². The number of carboxylic acids is 1. The standard InChI is InChI=1S/C43H64N10O12S/c44-16-2-1-7-28(47-36(57)27(45)23-54)38(59)48-29(21-25-12-14-26(55)15-13-25)37(58)46-22-35(56)50-17-3-8-31(50)39(60)49-30(24-66)40(61)51-18-4-9-32(51)41(62)52-19-5-10-33(52)42(63)53-20-6-11-34(53)43(64)65/h12-15,27-34,54-55,66H,1-11,16-24,44-45H2,(H,46,58)(H,47,57)(H,48,59)(H,49,60)(H,64,65)/t27-,28-,29-,30-,31-,32-,33-,34-/m0/s1. The van der Waals surface area contributed by atoms with Crippen LogP contribution in [0.3, 0.4) is 0 Å². The summed E-state index contributed by atoms with van der Waals surface area (Å²) in [4.78, 5) is 126. The van der Waals surface area contributed by atoms with Crippen LogP contribution >= 0.6 is 12.6 Å². The number of phenolic OH excluding ortho intramolecular Hbond substituents is 1. The van der Waals surface area contributed by atoms with Crippen molar-refractivity contribution < 1.29 is 58.5 Å². The van der Waals surface area contributed by atoms with Crippen LogP contribution in [0.4, 0.5) is 0 Å². The van der Waals surface area contributed by atoms with E-state index in [-0.39, 0.29) is 56.9 Å². The number of nitrogens with one attached hydrogen (secondary N) is 4. The first-order chi connectivity index (χ1) is 31.6. The van der Waals surface area contributed by atoms with Gasteiger partial charge >= 0.3 is 5.97 Å². The Labute approximate surface area is 388 Å². The fourth-order valence-electron chi connectivity index (χ4n) is 9.10. The number of amides is 8. The molecule has 23 heteroatoms. The molecule has 4 fully saturated rings. The van der Waals surface area contributed by atoms with E-state index in [2.05, 4.69) is 33.9 Å². The molecule has 4 aliphatic heterocycles. The lowest BCUT2D eigenvalue weighted by Crippen LogP contribution is -2.59. The predicted molar refractivity (Wildman–Crippen MR) is 239 cm³/mol. The number of nitrogens with two attached hydrogens (primary N) is 2. The third kappa shape index (κ3) is 12.9. The fourth-order valence-corrected chi connectivity index (χ4v) is 9.34. The zero-order valence-electron chi connectivity index (χ0n) is 37.0. The Morgan fingerprint density at radius 3 is 1.82 bits per heavy atom. The van der Waals surface area contributed by atoms with Gasteiger partial charge in [0.25, 0.3) is 0 Å². The lowest BCUT2D eigenvalue weighted by molar-refractivity contribution is -0.153. The average molecular weight is 945 g/mol. The van der Waals surface area contributed by atoms with Crippen LogP contribution in [-0.2, 0) is 49.6 Å². The van der Waals surface area contributed by atoms with Crippen LogP contribution in [0.25, 0.3) is 0 Å². The third-order valence-electron chi connectivity index (χ3n) is 12.7. The molecular formula is C43H64N10O12S. The Hall–Kier alpha value is -5.52. The molecule has 1 aromatic carbocycles. The van der Waals surface area contributed by atoms with Gasteiger partial charge in [-0.15, -0.1) is 0 Å². The molecule has 8 atom stereocenters. The van der Waals surface area contributed by atoms with Gasteiger partial charge in [-0.05, 0) is 94.9 Å². The van der Waals surface area contributed by atoms with E-state index in [9.17, 15) is 58.5 Å². The lowest BCUT2D eigenvalue weighted by Gasteiger charge is -2.34. The number of thiol groups is 1. The van der Waals surface area contributed by atoms with Crippen molar-refractivity contribution in [3.8, 4) is 5.75 Å². The largest absolute Gasteiger partial charge is 0.508 e. The van der Waals surface area contributed by atoms with Crippen LogP contribution in [0.2, 0.25) is 0 Å². The number of carboxylic acid groups (broad SMARTS) is 1. The van der Waals surface area contributed by atoms with Crippen molar-refractivity contribution in [1.29, 1.82) is 0 Å². The quantitative estimate of drug-likeness (QED) is 0.0432. The summed E-state index contributed by atoms with van der Waals surface area (Å²) >= 11 is 4.35. The number of hydrogen-bond acceptors (Lipinski definition) is 14. The van der Waals surface area contributed by atoms with Crippen LogP contribution in [0.15, 0.2) is 24.3 Å². The number of likely N-dealkylation sites (tertiary alicyclic amines) is 4. The molecule has 0 radical (unpaired) electrons. The molecule has 8 amide bonds. The molecule has 0 aliphatic carbocycles. The second-order valence-electron chi connectivity index (χ2n) is 17.2. The van der Waals surface area contributed by atoms with E-state index in [1.54, 1.807) is 12.1 Å². The van der Waals surface area contributed by atoms with E-state index < -0.39 is 115 Å². The predicted octanol–water partition coefficient (Wildman–Crippen LogP) is -3.07. The van der Waals surface area contributed by atoms with Crippen molar-refractivity contribution in [2.75, 3.05) is 51.6 Å². The molecule has 11 N–H and O–H groups in total. The van der Waals surface area contributed by atoms with Gasteiger partial charge in [-0.3, -0.25) is 38.4 Å². The van der Waals surface area contributed by atoms with Gasteiger partial charge in [0.15, 0.2) is 0 Å². The Morgan fingerprint density at radius 2 is 1.23 bits per heavy atom. The van der Waals surface area contributed by atoms with Gasteiger partial charge in [-0.1, -0.05) is 12.1 Å². The Balaban J connectivity index is 1.20. The van der Waals surface area contributed by atoms with E-state index in [4.69, 9.17) is 11.5 Å². The van der Waals surface area contributed by atoms with Crippen LogP contribution in [-0.4, -0.2) is 188 Å². The van der Waals surface area contributed by atoms with Gasteiger partial charge in [0, 0.05) is 38.4 Å². The molecule has 22 nitrogen and oxygen atoms in total. The molecule has 0 aromatic heterocycles. The van der Waals surface area contributed by atoms with Gasteiger partial charge in [0.2, 0.25) is 47.3 Å². The van der Waals surface area contributed by atoms with Crippen LogP contribution in [0.1, 0.15) is 76.2 Å². The molecule has 4 aliphatic rings. The summed E-state index contributed by atoms with van der Waals surface area (Å²) in [7, 11) is 0. The van der Waals surface area contributed by atoms with E-state index in [1.165, 1.54) is 31.7 Å². The molecule has 5 rings (SSSR count). The Kier molecular flexibility index (Phi) is 19.0. The smallest absolute Gasteiger partial charge is 0.326 e. The fraction of sp³-hybridized carbons (Fsp3) is 0.651. The van der Waals surface area contributed by atoms with Crippen molar-refractivity contribution in [1.82, 2.24) is 40.9 Å². The minimum Gasteiger partial charge on any atom is -0.508 e. The molecule has 0 spiro atoms. The molecule has 4 saturated heterocycles. The number of aromatic hydroxyl groups is 1. The third-order valence-corrected chi connectivity index (χ3v) is 13.0. The summed E-state index contributed by atoms with van der Waals surface area (Å²) in [6.45, 7) is 0.0642.